The van der Waals surface area contributed by atoms with E-state index in [9.17, 15) is 5.11 Å². The van der Waals surface area contributed by atoms with Gasteiger partial charge in [0.25, 0.3) is 0 Å². The molecule has 2 atom stereocenters. The maximum atomic E-state index is 10.1. The minimum absolute atomic E-state index is 0.0702. The summed E-state index contributed by atoms with van der Waals surface area (Å²) in [5, 5.41) is 10.1. The van der Waals surface area contributed by atoms with Crippen LogP contribution in [0.4, 0.5) is 0 Å². The second kappa shape index (κ2) is 6.88. The zero-order valence-electron chi connectivity index (χ0n) is 11.7. The van der Waals surface area contributed by atoms with E-state index in [2.05, 4.69) is 6.92 Å². The van der Waals surface area contributed by atoms with Crippen LogP contribution in [0.15, 0.2) is 0 Å². The summed E-state index contributed by atoms with van der Waals surface area (Å²) in [7, 11) is 0. The van der Waals surface area contributed by atoms with Crippen LogP contribution in [-0.4, -0.2) is 30.7 Å². The highest BCUT2D eigenvalue weighted by molar-refractivity contribution is 4.94. The van der Waals surface area contributed by atoms with E-state index in [1.54, 1.807) is 0 Å². The Balaban J connectivity index is 1.61. The van der Waals surface area contributed by atoms with Crippen LogP contribution in [0.5, 0.6) is 0 Å². The van der Waals surface area contributed by atoms with E-state index < -0.39 is 0 Å². The summed E-state index contributed by atoms with van der Waals surface area (Å²) in [5.74, 6) is 0. The van der Waals surface area contributed by atoms with E-state index in [1.807, 2.05) is 0 Å². The van der Waals surface area contributed by atoms with Gasteiger partial charge in [-0.1, -0.05) is 19.8 Å². The average Bonchev–Trinajstić information content (AvgIpc) is 3.15. The molecule has 3 nitrogen and oxygen atoms in total. The number of aliphatic hydroxyl groups is 1. The van der Waals surface area contributed by atoms with Crippen LogP contribution in [0.3, 0.4) is 0 Å². The standard InChI is InChI=1S/C15H28O3/c1-2-3-7-15(8-9-15)11-13(16)12-18-14-6-4-5-10-17-14/h13-14,16H,2-12H2,1H3/t13-,14?/m0/s1. The Morgan fingerprint density at radius 2 is 2.22 bits per heavy atom. The minimum atomic E-state index is -0.310. The topological polar surface area (TPSA) is 38.7 Å². The summed E-state index contributed by atoms with van der Waals surface area (Å²) in [6.07, 6.45) is 10.3. The van der Waals surface area contributed by atoms with Gasteiger partial charge in [-0.3, -0.25) is 0 Å². The number of ether oxygens (including phenoxy) is 2. The largest absolute Gasteiger partial charge is 0.391 e. The summed E-state index contributed by atoms with van der Waals surface area (Å²) in [6, 6.07) is 0. The van der Waals surface area contributed by atoms with Crippen molar-refractivity contribution in [1.29, 1.82) is 0 Å². The predicted octanol–water partition coefficient (Wildman–Crippen LogP) is 3.25. The lowest BCUT2D eigenvalue weighted by molar-refractivity contribution is -0.176. The molecule has 0 aromatic heterocycles. The average molecular weight is 256 g/mol. The van der Waals surface area contributed by atoms with Crippen molar-refractivity contribution in [3.63, 3.8) is 0 Å². The Hall–Kier alpha value is -0.120. The molecule has 2 fully saturated rings. The minimum Gasteiger partial charge on any atom is -0.391 e. The lowest BCUT2D eigenvalue weighted by Crippen LogP contribution is -2.28. The van der Waals surface area contributed by atoms with E-state index in [0.717, 1.165) is 25.9 Å². The predicted molar refractivity (Wildman–Crippen MR) is 71.4 cm³/mol. The van der Waals surface area contributed by atoms with Gasteiger partial charge in [0.1, 0.15) is 0 Å². The fraction of sp³-hybridized carbons (Fsp3) is 1.00. The second-order valence-electron chi connectivity index (χ2n) is 6.09. The van der Waals surface area contributed by atoms with Gasteiger partial charge in [0.2, 0.25) is 0 Å². The summed E-state index contributed by atoms with van der Waals surface area (Å²) in [5.41, 5.74) is 0.451. The van der Waals surface area contributed by atoms with Crippen LogP contribution in [0.2, 0.25) is 0 Å². The van der Waals surface area contributed by atoms with Crippen molar-refractivity contribution in [3.8, 4) is 0 Å². The van der Waals surface area contributed by atoms with Crippen LogP contribution in [0.1, 0.15) is 64.7 Å². The van der Waals surface area contributed by atoms with Gasteiger partial charge in [-0.25, -0.2) is 0 Å². The van der Waals surface area contributed by atoms with Crippen LogP contribution < -0.4 is 0 Å². The lowest BCUT2D eigenvalue weighted by atomic mass is 9.92. The van der Waals surface area contributed by atoms with Gasteiger partial charge < -0.3 is 14.6 Å². The first-order valence-electron chi connectivity index (χ1n) is 7.65. The van der Waals surface area contributed by atoms with Crippen LogP contribution in [0, 0.1) is 5.41 Å². The Morgan fingerprint density at radius 1 is 1.39 bits per heavy atom. The van der Waals surface area contributed by atoms with E-state index in [-0.39, 0.29) is 12.4 Å². The lowest BCUT2D eigenvalue weighted by Gasteiger charge is -2.25. The van der Waals surface area contributed by atoms with Gasteiger partial charge in [-0.05, 0) is 50.4 Å². The van der Waals surface area contributed by atoms with Gasteiger partial charge >= 0.3 is 0 Å². The molecule has 106 valence electrons. The first-order chi connectivity index (χ1) is 8.74. The number of hydrogen-bond donors (Lipinski definition) is 1. The maximum absolute atomic E-state index is 10.1. The third-order valence-corrected chi connectivity index (χ3v) is 4.30. The molecule has 1 unspecified atom stereocenters. The van der Waals surface area contributed by atoms with E-state index in [4.69, 9.17) is 9.47 Å². The molecule has 18 heavy (non-hydrogen) atoms. The number of rotatable bonds is 8. The molecule has 0 bridgehead atoms. The molecule has 1 saturated heterocycles. The Morgan fingerprint density at radius 3 is 2.83 bits per heavy atom. The molecular weight excluding hydrogens is 228 g/mol. The number of unbranched alkanes of at least 4 members (excludes halogenated alkanes) is 1. The summed E-state index contributed by atoms with van der Waals surface area (Å²) >= 11 is 0. The molecule has 2 aliphatic rings. The molecule has 3 heteroatoms. The van der Waals surface area contributed by atoms with Crippen molar-refractivity contribution >= 4 is 0 Å². The molecule has 0 aromatic carbocycles. The molecule has 1 heterocycles. The summed E-state index contributed by atoms with van der Waals surface area (Å²) in [6.45, 7) is 3.48. The molecule has 0 spiro atoms. The molecule has 0 aromatic rings. The first kappa shape index (κ1) is 14.3. The van der Waals surface area contributed by atoms with Crippen molar-refractivity contribution in [2.45, 2.75) is 77.1 Å². The molecule has 1 aliphatic carbocycles. The van der Waals surface area contributed by atoms with Crippen LogP contribution in [-0.2, 0) is 9.47 Å². The van der Waals surface area contributed by atoms with Gasteiger partial charge in [-0.2, -0.15) is 0 Å². The fourth-order valence-corrected chi connectivity index (χ4v) is 2.90. The fourth-order valence-electron chi connectivity index (χ4n) is 2.90. The van der Waals surface area contributed by atoms with Crippen LogP contribution >= 0.6 is 0 Å². The zero-order chi connectivity index (χ0) is 12.8. The number of aliphatic hydroxyl groups excluding tert-OH is 1. The quantitative estimate of drug-likeness (QED) is 0.724. The molecule has 0 radical (unpaired) electrons. The SMILES string of the molecule is CCCCC1(C[C@H](O)COC2CCCCO2)CC1. The third kappa shape index (κ3) is 4.52. The highest BCUT2D eigenvalue weighted by atomic mass is 16.7. The zero-order valence-corrected chi connectivity index (χ0v) is 11.7. The van der Waals surface area contributed by atoms with Crippen molar-refractivity contribution < 1.29 is 14.6 Å². The third-order valence-electron chi connectivity index (χ3n) is 4.30. The first-order valence-corrected chi connectivity index (χ1v) is 7.65. The van der Waals surface area contributed by atoms with E-state index in [0.29, 0.717) is 12.0 Å². The molecule has 1 N–H and O–H groups in total. The molecule has 1 aliphatic heterocycles. The normalized spacial score (nSPS) is 28.0. The van der Waals surface area contributed by atoms with Crippen molar-refractivity contribution in [1.82, 2.24) is 0 Å². The molecule has 2 rings (SSSR count). The van der Waals surface area contributed by atoms with Crippen molar-refractivity contribution in [2.24, 2.45) is 5.41 Å². The highest BCUT2D eigenvalue weighted by Crippen LogP contribution is 2.53. The summed E-state index contributed by atoms with van der Waals surface area (Å²) in [4.78, 5) is 0. The van der Waals surface area contributed by atoms with Gasteiger partial charge in [0.15, 0.2) is 6.29 Å². The van der Waals surface area contributed by atoms with Gasteiger partial charge in [-0.15, -0.1) is 0 Å². The van der Waals surface area contributed by atoms with Crippen molar-refractivity contribution in [2.75, 3.05) is 13.2 Å². The molecule has 1 saturated carbocycles. The Kier molecular flexibility index (Phi) is 5.46. The molecular formula is C15H28O3. The van der Waals surface area contributed by atoms with Gasteiger partial charge in [0.05, 0.1) is 12.7 Å². The van der Waals surface area contributed by atoms with Crippen molar-refractivity contribution in [3.05, 3.63) is 0 Å². The van der Waals surface area contributed by atoms with E-state index >= 15 is 0 Å². The maximum Gasteiger partial charge on any atom is 0.157 e. The number of hydrogen-bond acceptors (Lipinski definition) is 3. The smallest absolute Gasteiger partial charge is 0.157 e. The molecule has 0 amide bonds. The monoisotopic (exact) mass is 256 g/mol. The summed E-state index contributed by atoms with van der Waals surface area (Å²) < 4.78 is 11.2. The van der Waals surface area contributed by atoms with Gasteiger partial charge in [0, 0.05) is 6.61 Å². The Labute approximate surface area is 111 Å². The van der Waals surface area contributed by atoms with E-state index in [1.165, 1.54) is 38.5 Å². The van der Waals surface area contributed by atoms with Crippen LogP contribution in [0.25, 0.3) is 0 Å². The Bertz CT molecular complexity index is 232. The second-order valence-corrected chi connectivity index (χ2v) is 6.09. The highest BCUT2D eigenvalue weighted by Gasteiger charge is 2.42.